The summed E-state index contributed by atoms with van der Waals surface area (Å²) < 4.78 is 35.5. The molecule has 98 valence electrons. The Balaban J connectivity index is 3.65. The minimum atomic E-state index is -4.37. The number of hydrogen-bond acceptors (Lipinski definition) is 2. The van der Waals surface area contributed by atoms with Crippen molar-refractivity contribution < 1.29 is 18.0 Å². The van der Waals surface area contributed by atoms with Gasteiger partial charge < -0.3 is 10.6 Å². The second kappa shape index (κ2) is 7.96. The molecular weight excluding hydrogens is 233 g/mol. The summed E-state index contributed by atoms with van der Waals surface area (Å²) >= 11 is 0. The highest BCUT2D eigenvalue weighted by atomic mass is 19.4. The van der Waals surface area contributed by atoms with Crippen LogP contribution in [0.1, 0.15) is 26.2 Å². The molecule has 0 heterocycles. The zero-order valence-electron chi connectivity index (χ0n) is 9.73. The number of nitrogens with one attached hydrogen (secondary N) is 2. The highest BCUT2D eigenvalue weighted by Crippen LogP contribution is 2.12. The number of carbonyl (C=O) groups is 1. The van der Waals surface area contributed by atoms with E-state index >= 15 is 0 Å². The largest absolute Gasteiger partial charge is 0.405 e. The molecule has 0 bridgehead atoms. The molecule has 0 saturated carbocycles. The van der Waals surface area contributed by atoms with Gasteiger partial charge in [0.1, 0.15) is 6.54 Å². The van der Waals surface area contributed by atoms with E-state index in [0.29, 0.717) is 13.0 Å². The number of alkyl halides is 3. The van der Waals surface area contributed by atoms with Gasteiger partial charge >= 0.3 is 6.18 Å². The van der Waals surface area contributed by atoms with Crippen LogP contribution in [0.15, 0.2) is 0 Å². The van der Waals surface area contributed by atoms with E-state index in [1.165, 1.54) is 6.92 Å². The fourth-order valence-electron chi connectivity index (χ4n) is 1.10. The van der Waals surface area contributed by atoms with E-state index in [9.17, 15) is 18.0 Å². The molecule has 0 radical (unpaired) electrons. The lowest BCUT2D eigenvalue weighted by Crippen LogP contribution is -2.45. The van der Waals surface area contributed by atoms with Gasteiger partial charge in [-0.15, -0.1) is 12.3 Å². The van der Waals surface area contributed by atoms with Crippen LogP contribution in [0.2, 0.25) is 0 Å². The quantitative estimate of drug-likeness (QED) is 0.530. The Hall–Kier alpha value is -1.22. The Morgan fingerprint density at radius 2 is 2.06 bits per heavy atom. The first-order chi connectivity index (χ1) is 7.87. The summed E-state index contributed by atoms with van der Waals surface area (Å²) in [5, 5.41) is 4.65. The Labute approximate surface area is 99.1 Å². The molecule has 0 rings (SSSR count). The van der Waals surface area contributed by atoms with Gasteiger partial charge in [-0.1, -0.05) is 0 Å². The number of amides is 1. The first kappa shape index (κ1) is 15.8. The van der Waals surface area contributed by atoms with Gasteiger partial charge in [0.25, 0.3) is 0 Å². The van der Waals surface area contributed by atoms with E-state index in [4.69, 9.17) is 6.42 Å². The molecule has 0 aliphatic carbocycles. The predicted octanol–water partition coefficient (Wildman–Crippen LogP) is 1.45. The highest BCUT2D eigenvalue weighted by molar-refractivity contribution is 5.81. The lowest BCUT2D eigenvalue weighted by molar-refractivity contribution is -0.139. The standard InChI is InChI=1S/C11H17F3N2O/c1-3-4-5-6-7-15-9(2)10(17)16-8-11(12,13)14/h1,9,15H,4-8H2,2H3,(H,16,17). The van der Waals surface area contributed by atoms with E-state index in [1.54, 1.807) is 0 Å². The molecule has 3 nitrogen and oxygen atoms in total. The number of terminal acetylenes is 1. The lowest BCUT2D eigenvalue weighted by Gasteiger charge is -2.14. The van der Waals surface area contributed by atoms with Gasteiger partial charge in [0.15, 0.2) is 0 Å². The molecule has 17 heavy (non-hydrogen) atoms. The van der Waals surface area contributed by atoms with Crippen LogP contribution in [0.4, 0.5) is 13.2 Å². The molecular formula is C11H17F3N2O. The van der Waals surface area contributed by atoms with Crippen LogP contribution in [0, 0.1) is 12.3 Å². The van der Waals surface area contributed by atoms with Crippen molar-refractivity contribution in [2.45, 2.75) is 38.4 Å². The van der Waals surface area contributed by atoms with Crippen LogP contribution in [0.3, 0.4) is 0 Å². The zero-order valence-corrected chi connectivity index (χ0v) is 9.73. The van der Waals surface area contributed by atoms with Crippen LogP contribution in [0.5, 0.6) is 0 Å². The van der Waals surface area contributed by atoms with Crippen molar-refractivity contribution in [3.05, 3.63) is 0 Å². The van der Waals surface area contributed by atoms with Gasteiger partial charge in [-0.3, -0.25) is 4.79 Å². The minimum Gasteiger partial charge on any atom is -0.346 e. The average Bonchev–Trinajstić information content (AvgIpc) is 2.24. The predicted molar refractivity (Wildman–Crippen MR) is 59.2 cm³/mol. The summed E-state index contributed by atoms with van der Waals surface area (Å²) in [6.45, 7) is 0.782. The number of unbranched alkanes of at least 4 members (excludes halogenated alkanes) is 2. The van der Waals surface area contributed by atoms with E-state index in [1.807, 2.05) is 5.32 Å². The zero-order chi connectivity index (χ0) is 13.3. The topological polar surface area (TPSA) is 41.1 Å². The summed E-state index contributed by atoms with van der Waals surface area (Å²) in [5.74, 6) is 1.83. The number of hydrogen-bond donors (Lipinski definition) is 2. The van der Waals surface area contributed by atoms with Crippen molar-refractivity contribution in [3.8, 4) is 12.3 Å². The molecule has 0 aliphatic heterocycles. The average molecular weight is 250 g/mol. The van der Waals surface area contributed by atoms with Gasteiger partial charge in [-0.25, -0.2) is 0 Å². The molecule has 6 heteroatoms. The third-order valence-corrected chi connectivity index (χ3v) is 2.05. The molecule has 1 unspecified atom stereocenters. The second-order valence-corrected chi connectivity index (χ2v) is 3.67. The van der Waals surface area contributed by atoms with Gasteiger partial charge in [-0.05, 0) is 26.3 Å². The Kier molecular flexibility index (Phi) is 7.39. The molecule has 1 amide bonds. The summed E-state index contributed by atoms with van der Waals surface area (Å²) in [5.41, 5.74) is 0. The first-order valence-corrected chi connectivity index (χ1v) is 5.38. The molecule has 0 aromatic heterocycles. The maximum Gasteiger partial charge on any atom is 0.405 e. The van der Waals surface area contributed by atoms with Gasteiger partial charge in [0.05, 0.1) is 6.04 Å². The van der Waals surface area contributed by atoms with Crippen molar-refractivity contribution in [2.24, 2.45) is 0 Å². The van der Waals surface area contributed by atoms with Gasteiger partial charge in [0.2, 0.25) is 5.91 Å². The van der Waals surface area contributed by atoms with E-state index in [-0.39, 0.29) is 0 Å². The van der Waals surface area contributed by atoms with Crippen molar-refractivity contribution >= 4 is 5.91 Å². The molecule has 0 aromatic carbocycles. The molecule has 0 aliphatic rings. The van der Waals surface area contributed by atoms with Crippen LogP contribution >= 0.6 is 0 Å². The Morgan fingerprint density at radius 3 is 2.59 bits per heavy atom. The molecule has 2 N–H and O–H groups in total. The molecule has 0 aromatic rings. The number of rotatable bonds is 7. The van der Waals surface area contributed by atoms with Crippen molar-refractivity contribution in [1.82, 2.24) is 10.6 Å². The maximum atomic E-state index is 11.8. The SMILES string of the molecule is C#CCCCCNC(C)C(=O)NCC(F)(F)F. The van der Waals surface area contributed by atoms with Crippen molar-refractivity contribution in [1.29, 1.82) is 0 Å². The summed E-state index contributed by atoms with van der Waals surface area (Å²) in [4.78, 5) is 11.2. The normalized spacial score (nSPS) is 12.9. The van der Waals surface area contributed by atoms with Crippen LogP contribution in [-0.4, -0.2) is 31.2 Å². The van der Waals surface area contributed by atoms with Gasteiger partial charge in [0, 0.05) is 6.42 Å². The first-order valence-electron chi connectivity index (χ1n) is 5.38. The molecule has 0 saturated heterocycles. The summed E-state index contributed by atoms with van der Waals surface area (Å²) in [6, 6.07) is -0.636. The monoisotopic (exact) mass is 250 g/mol. The van der Waals surface area contributed by atoms with Crippen LogP contribution in [0.25, 0.3) is 0 Å². The van der Waals surface area contributed by atoms with E-state index in [0.717, 1.165) is 12.8 Å². The number of carbonyl (C=O) groups excluding carboxylic acids is 1. The molecule has 0 spiro atoms. The molecule has 0 fully saturated rings. The smallest absolute Gasteiger partial charge is 0.346 e. The highest BCUT2D eigenvalue weighted by Gasteiger charge is 2.28. The Morgan fingerprint density at radius 1 is 1.41 bits per heavy atom. The van der Waals surface area contributed by atoms with E-state index < -0.39 is 24.7 Å². The summed E-state index contributed by atoms with van der Waals surface area (Å²) in [6.07, 6.45) is 2.97. The van der Waals surface area contributed by atoms with Crippen molar-refractivity contribution in [3.63, 3.8) is 0 Å². The number of halogens is 3. The fourth-order valence-corrected chi connectivity index (χ4v) is 1.10. The van der Waals surface area contributed by atoms with Crippen molar-refractivity contribution in [2.75, 3.05) is 13.1 Å². The van der Waals surface area contributed by atoms with Crippen LogP contribution in [-0.2, 0) is 4.79 Å². The van der Waals surface area contributed by atoms with Gasteiger partial charge in [-0.2, -0.15) is 13.2 Å². The Bertz CT molecular complexity index is 271. The lowest BCUT2D eigenvalue weighted by atomic mass is 10.2. The minimum absolute atomic E-state index is 0.558. The summed E-state index contributed by atoms with van der Waals surface area (Å²) in [7, 11) is 0. The third kappa shape index (κ3) is 9.69. The van der Waals surface area contributed by atoms with E-state index in [2.05, 4.69) is 11.2 Å². The third-order valence-electron chi connectivity index (χ3n) is 2.05. The van der Waals surface area contributed by atoms with Crippen LogP contribution < -0.4 is 10.6 Å². The fraction of sp³-hybridized carbons (Fsp3) is 0.727. The maximum absolute atomic E-state index is 11.8. The second-order valence-electron chi connectivity index (χ2n) is 3.67. The molecule has 1 atom stereocenters.